The van der Waals surface area contributed by atoms with Crippen molar-refractivity contribution < 1.29 is 19.1 Å². The van der Waals surface area contributed by atoms with Crippen LogP contribution in [0.15, 0.2) is 54.6 Å². The zero-order chi connectivity index (χ0) is 21.7. The molecule has 0 aliphatic heterocycles. The average Bonchev–Trinajstić information content (AvgIpc) is 3.01. The van der Waals surface area contributed by atoms with E-state index in [4.69, 9.17) is 16.3 Å². The van der Waals surface area contributed by atoms with Crippen LogP contribution in [0.2, 0.25) is 5.15 Å². The van der Waals surface area contributed by atoms with Crippen molar-refractivity contribution in [2.75, 3.05) is 6.61 Å². The van der Waals surface area contributed by atoms with Gasteiger partial charge >= 0.3 is 5.97 Å². The number of rotatable bonds is 6. The van der Waals surface area contributed by atoms with Gasteiger partial charge in [0.1, 0.15) is 10.7 Å². The SMILES string of the molecule is Cc1ccc(Cn2nc(C)c(C(=O)OCC(=O)NC(=O)c3ccccc3)c2Cl)cc1. The third-order valence-corrected chi connectivity index (χ3v) is 4.73. The van der Waals surface area contributed by atoms with E-state index in [0.29, 0.717) is 17.8 Å². The van der Waals surface area contributed by atoms with Gasteiger partial charge in [-0.3, -0.25) is 14.9 Å². The second-order valence-corrected chi connectivity index (χ2v) is 7.07. The highest BCUT2D eigenvalue weighted by atomic mass is 35.5. The van der Waals surface area contributed by atoms with Crippen LogP contribution in [0.4, 0.5) is 0 Å². The number of benzene rings is 2. The molecule has 2 amide bonds. The Morgan fingerprint density at radius 3 is 2.37 bits per heavy atom. The number of hydrogen-bond acceptors (Lipinski definition) is 5. The first-order chi connectivity index (χ1) is 14.3. The second kappa shape index (κ2) is 9.37. The van der Waals surface area contributed by atoms with Crippen LogP contribution in [-0.2, 0) is 16.1 Å². The van der Waals surface area contributed by atoms with E-state index in [9.17, 15) is 14.4 Å². The maximum Gasteiger partial charge on any atom is 0.343 e. The van der Waals surface area contributed by atoms with Crippen molar-refractivity contribution >= 4 is 29.4 Å². The van der Waals surface area contributed by atoms with Gasteiger partial charge in [0.15, 0.2) is 6.61 Å². The lowest BCUT2D eigenvalue weighted by Crippen LogP contribution is -2.34. The van der Waals surface area contributed by atoms with Gasteiger partial charge in [-0.05, 0) is 31.5 Å². The molecule has 1 heterocycles. The highest BCUT2D eigenvalue weighted by Gasteiger charge is 2.23. The minimum atomic E-state index is -0.782. The Bertz CT molecular complexity index is 1080. The number of nitrogens with zero attached hydrogens (tertiary/aromatic N) is 2. The van der Waals surface area contributed by atoms with E-state index in [1.165, 1.54) is 4.68 Å². The molecule has 2 aromatic carbocycles. The number of halogens is 1. The number of aryl methyl sites for hydroxylation is 2. The number of aromatic nitrogens is 2. The topological polar surface area (TPSA) is 90.3 Å². The normalized spacial score (nSPS) is 10.5. The van der Waals surface area contributed by atoms with Gasteiger partial charge in [-0.15, -0.1) is 0 Å². The molecule has 0 radical (unpaired) electrons. The summed E-state index contributed by atoms with van der Waals surface area (Å²) < 4.78 is 6.52. The Morgan fingerprint density at radius 1 is 1.03 bits per heavy atom. The lowest BCUT2D eigenvalue weighted by Gasteiger charge is -2.06. The van der Waals surface area contributed by atoms with E-state index in [1.807, 2.05) is 31.2 Å². The summed E-state index contributed by atoms with van der Waals surface area (Å²) in [5, 5.41) is 6.58. The average molecular weight is 426 g/mol. The number of esters is 1. The number of imide groups is 1. The molecular weight excluding hydrogens is 406 g/mol. The fourth-order valence-corrected chi connectivity index (χ4v) is 3.10. The Morgan fingerprint density at radius 2 is 1.70 bits per heavy atom. The van der Waals surface area contributed by atoms with Crippen LogP contribution in [-0.4, -0.2) is 34.2 Å². The predicted molar refractivity (Wildman–Crippen MR) is 111 cm³/mol. The second-order valence-electron chi connectivity index (χ2n) is 6.71. The Kier molecular flexibility index (Phi) is 6.64. The standard InChI is InChI=1S/C22H20ClN3O4/c1-14-8-10-16(11-9-14)12-26-20(23)19(15(2)25-26)22(29)30-13-18(27)24-21(28)17-6-4-3-5-7-17/h3-11H,12-13H2,1-2H3,(H,24,27,28). The van der Waals surface area contributed by atoms with E-state index in [0.717, 1.165) is 11.1 Å². The van der Waals surface area contributed by atoms with Gasteiger partial charge in [-0.25, -0.2) is 9.48 Å². The van der Waals surface area contributed by atoms with Crippen molar-refractivity contribution in [3.05, 3.63) is 87.7 Å². The van der Waals surface area contributed by atoms with Gasteiger partial charge in [-0.1, -0.05) is 59.6 Å². The molecule has 154 valence electrons. The highest BCUT2D eigenvalue weighted by Crippen LogP contribution is 2.22. The number of nitrogens with one attached hydrogen (secondary N) is 1. The summed E-state index contributed by atoms with van der Waals surface area (Å²) in [6.45, 7) is 3.40. The van der Waals surface area contributed by atoms with E-state index in [1.54, 1.807) is 37.3 Å². The van der Waals surface area contributed by atoms with Crippen LogP contribution < -0.4 is 5.32 Å². The quantitative estimate of drug-likeness (QED) is 0.612. The molecule has 1 aromatic heterocycles. The summed E-state index contributed by atoms with van der Waals surface area (Å²) in [6, 6.07) is 16.1. The van der Waals surface area contributed by atoms with Gasteiger partial charge in [0.05, 0.1) is 12.2 Å². The summed E-state index contributed by atoms with van der Waals surface area (Å²) in [5.74, 6) is -2.09. The Labute approximate surface area is 178 Å². The van der Waals surface area contributed by atoms with Crippen LogP contribution in [0.3, 0.4) is 0 Å². The molecule has 0 fully saturated rings. The molecule has 30 heavy (non-hydrogen) atoms. The molecule has 1 N–H and O–H groups in total. The smallest absolute Gasteiger partial charge is 0.343 e. The third-order valence-electron chi connectivity index (χ3n) is 4.35. The van der Waals surface area contributed by atoms with Crippen LogP contribution in [0.1, 0.15) is 37.5 Å². The lowest BCUT2D eigenvalue weighted by molar-refractivity contribution is -0.123. The molecule has 7 nitrogen and oxygen atoms in total. The molecule has 0 aliphatic rings. The van der Waals surface area contributed by atoms with Crippen molar-refractivity contribution in [3.63, 3.8) is 0 Å². The first-order valence-corrected chi connectivity index (χ1v) is 9.57. The van der Waals surface area contributed by atoms with E-state index >= 15 is 0 Å². The summed E-state index contributed by atoms with van der Waals surface area (Å²) in [4.78, 5) is 36.3. The van der Waals surface area contributed by atoms with E-state index < -0.39 is 24.4 Å². The Hall–Kier alpha value is -3.45. The summed E-state index contributed by atoms with van der Waals surface area (Å²) in [6.07, 6.45) is 0. The number of carbonyl (C=O) groups is 3. The fourth-order valence-electron chi connectivity index (χ4n) is 2.78. The molecule has 8 heteroatoms. The maximum atomic E-state index is 12.4. The van der Waals surface area contributed by atoms with E-state index in [-0.39, 0.29) is 10.7 Å². The van der Waals surface area contributed by atoms with Crippen molar-refractivity contribution in [2.45, 2.75) is 20.4 Å². The van der Waals surface area contributed by atoms with Gasteiger partial charge in [-0.2, -0.15) is 5.10 Å². The minimum absolute atomic E-state index is 0.0889. The zero-order valence-electron chi connectivity index (χ0n) is 16.5. The molecule has 0 atom stereocenters. The highest BCUT2D eigenvalue weighted by molar-refractivity contribution is 6.32. The third kappa shape index (κ3) is 5.12. The predicted octanol–water partition coefficient (Wildman–Crippen LogP) is 3.32. The van der Waals surface area contributed by atoms with Crippen LogP contribution in [0.5, 0.6) is 0 Å². The van der Waals surface area contributed by atoms with Gasteiger partial charge in [0.2, 0.25) is 0 Å². The van der Waals surface area contributed by atoms with E-state index in [2.05, 4.69) is 10.4 Å². The molecule has 3 aromatic rings. The monoisotopic (exact) mass is 425 g/mol. The molecule has 0 bridgehead atoms. The molecule has 0 saturated carbocycles. The lowest BCUT2D eigenvalue weighted by atomic mass is 10.1. The van der Waals surface area contributed by atoms with Crippen molar-refractivity contribution in [2.24, 2.45) is 0 Å². The number of amides is 2. The summed E-state index contributed by atoms with van der Waals surface area (Å²) in [5.41, 5.74) is 2.91. The molecule has 0 aliphatic carbocycles. The van der Waals surface area contributed by atoms with Gasteiger partial charge < -0.3 is 4.74 Å². The van der Waals surface area contributed by atoms with Crippen LogP contribution in [0, 0.1) is 13.8 Å². The first-order valence-electron chi connectivity index (χ1n) is 9.20. The maximum absolute atomic E-state index is 12.4. The number of ether oxygens (including phenoxy) is 1. The minimum Gasteiger partial charge on any atom is -0.452 e. The van der Waals surface area contributed by atoms with Crippen molar-refractivity contribution in [1.29, 1.82) is 0 Å². The number of carbonyl (C=O) groups excluding carboxylic acids is 3. The molecule has 0 unspecified atom stereocenters. The Balaban J connectivity index is 1.61. The van der Waals surface area contributed by atoms with Gasteiger partial charge in [0, 0.05) is 5.56 Å². The molecular formula is C22H20ClN3O4. The first kappa shape index (κ1) is 21.3. The summed E-state index contributed by atoms with van der Waals surface area (Å²) in [7, 11) is 0. The number of hydrogen-bond donors (Lipinski definition) is 1. The zero-order valence-corrected chi connectivity index (χ0v) is 17.3. The van der Waals surface area contributed by atoms with Crippen LogP contribution in [0.25, 0.3) is 0 Å². The molecule has 0 spiro atoms. The largest absolute Gasteiger partial charge is 0.452 e. The summed E-state index contributed by atoms with van der Waals surface area (Å²) >= 11 is 6.33. The molecule has 3 rings (SSSR count). The fraction of sp³-hybridized carbons (Fsp3) is 0.182. The molecule has 0 saturated heterocycles. The van der Waals surface area contributed by atoms with Crippen LogP contribution >= 0.6 is 11.6 Å². The van der Waals surface area contributed by atoms with Crippen molar-refractivity contribution in [1.82, 2.24) is 15.1 Å². The van der Waals surface area contributed by atoms with Crippen molar-refractivity contribution in [3.8, 4) is 0 Å². The van der Waals surface area contributed by atoms with Gasteiger partial charge in [0.25, 0.3) is 11.8 Å².